The van der Waals surface area contributed by atoms with E-state index in [4.69, 9.17) is 6.58 Å². The van der Waals surface area contributed by atoms with Crippen LogP contribution in [0.2, 0.25) is 0 Å². The fourth-order valence-electron chi connectivity index (χ4n) is 1.33. The molecule has 0 aromatic rings. The SMILES string of the molecule is [CH]1C=CC=C1.[CH]1C=CC=C1.[CH]=CCCCCCC.[Cl-].[Zr]. The zero-order valence-corrected chi connectivity index (χ0v) is 15.6. The van der Waals surface area contributed by atoms with E-state index in [0.717, 1.165) is 6.42 Å². The second-order valence-corrected chi connectivity index (χ2v) is 4.01. The molecule has 0 unspecified atom stereocenters. The van der Waals surface area contributed by atoms with Crippen LogP contribution in [0.3, 0.4) is 0 Å². The van der Waals surface area contributed by atoms with E-state index in [1.165, 1.54) is 25.7 Å². The molecular weight excluding hydrogens is 343 g/mol. The fraction of sp³-hybridized carbons (Fsp3) is 0.333. The van der Waals surface area contributed by atoms with Crippen LogP contribution in [0, 0.1) is 19.4 Å². The van der Waals surface area contributed by atoms with Crippen molar-refractivity contribution in [1.82, 2.24) is 0 Å². The molecule has 20 heavy (non-hydrogen) atoms. The van der Waals surface area contributed by atoms with Crippen LogP contribution >= 0.6 is 0 Å². The quantitative estimate of drug-likeness (QED) is 0.655. The first-order valence-electron chi connectivity index (χ1n) is 6.78. The molecule has 0 spiro atoms. The van der Waals surface area contributed by atoms with Crippen molar-refractivity contribution in [3.63, 3.8) is 0 Å². The van der Waals surface area contributed by atoms with Crippen LogP contribution < -0.4 is 12.4 Å². The molecule has 0 bridgehead atoms. The maximum Gasteiger partial charge on any atom is 0.00506 e. The van der Waals surface area contributed by atoms with Gasteiger partial charge in [0.05, 0.1) is 0 Å². The summed E-state index contributed by atoms with van der Waals surface area (Å²) >= 11 is 0. The van der Waals surface area contributed by atoms with Gasteiger partial charge in [0, 0.05) is 39.0 Å². The summed E-state index contributed by atoms with van der Waals surface area (Å²) < 4.78 is 0. The Morgan fingerprint density at radius 1 is 0.750 bits per heavy atom. The molecule has 2 heteroatoms. The molecule has 0 fully saturated rings. The summed E-state index contributed by atoms with van der Waals surface area (Å²) in [5, 5.41) is 0. The van der Waals surface area contributed by atoms with Crippen LogP contribution in [0.15, 0.2) is 54.7 Å². The molecule has 0 aromatic carbocycles. The van der Waals surface area contributed by atoms with Gasteiger partial charge in [0.15, 0.2) is 0 Å². The van der Waals surface area contributed by atoms with Crippen molar-refractivity contribution in [3.05, 3.63) is 74.1 Å². The normalized spacial score (nSPS) is 12.4. The minimum Gasteiger partial charge on any atom is -1.00 e. The standard InChI is InChI=1S/C8H15.2C5H5.ClH.Zr/c1-3-5-7-8-6-4-2;2*1-2-4-5-3-1;;/h1,3H,4-8H2,2H3;2*1-5H;1H;/p-1. The van der Waals surface area contributed by atoms with Crippen molar-refractivity contribution in [1.29, 1.82) is 0 Å². The van der Waals surface area contributed by atoms with Crippen molar-refractivity contribution in [2.24, 2.45) is 0 Å². The topological polar surface area (TPSA) is 0 Å². The van der Waals surface area contributed by atoms with Crippen molar-refractivity contribution in [2.45, 2.75) is 39.0 Å². The van der Waals surface area contributed by atoms with Crippen molar-refractivity contribution < 1.29 is 38.6 Å². The summed E-state index contributed by atoms with van der Waals surface area (Å²) in [6, 6.07) is 0. The average molecular weight is 368 g/mol. The van der Waals surface area contributed by atoms with Crippen LogP contribution in [0.1, 0.15) is 39.0 Å². The Bertz CT molecular complexity index is 246. The van der Waals surface area contributed by atoms with E-state index in [0.29, 0.717) is 0 Å². The van der Waals surface area contributed by atoms with Gasteiger partial charge >= 0.3 is 0 Å². The van der Waals surface area contributed by atoms with Crippen LogP contribution in [-0.2, 0) is 26.2 Å². The van der Waals surface area contributed by atoms with E-state index in [1.807, 2.05) is 61.4 Å². The molecule has 0 nitrogen and oxygen atoms in total. The number of hydrogen-bond donors (Lipinski definition) is 0. The Kier molecular flexibility index (Phi) is 29.7. The summed E-state index contributed by atoms with van der Waals surface area (Å²) in [6.45, 7) is 7.40. The molecule has 0 atom stereocenters. The molecule has 0 aliphatic heterocycles. The van der Waals surface area contributed by atoms with Gasteiger partial charge in [-0.15, -0.1) is 0 Å². The smallest absolute Gasteiger partial charge is 0.00506 e. The molecule has 0 heterocycles. The zero-order valence-electron chi connectivity index (χ0n) is 12.3. The number of allylic oxidation sites excluding steroid dienone is 9. The second kappa shape index (κ2) is 23.9. The maximum atomic E-state index is 5.19. The Balaban J connectivity index is -0.000000212. The van der Waals surface area contributed by atoms with Crippen LogP contribution in [0.5, 0.6) is 0 Å². The van der Waals surface area contributed by atoms with Gasteiger partial charge in [-0.05, 0) is 12.8 Å². The van der Waals surface area contributed by atoms with E-state index in [2.05, 4.69) is 6.92 Å². The third-order valence-corrected chi connectivity index (χ3v) is 2.34. The summed E-state index contributed by atoms with van der Waals surface area (Å²) in [6.07, 6.45) is 28.1. The average Bonchev–Trinajstić information content (AvgIpc) is 3.12. The largest absolute Gasteiger partial charge is 1.00 e. The maximum absolute atomic E-state index is 5.19. The Morgan fingerprint density at radius 3 is 1.45 bits per heavy atom. The third-order valence-electron chi connectivity index (χ3n) is 2.34. The van der Waals surface area contributed by atoms with Crippen molar-refractivity contribution in [2.75, 3.05) is 0 Å². The van der Waals surface area contributed by atoms with Gasteiger partial charge in [0.25, 0.3) is 0 Å². The zero-order chi connectivity index (χ0) is 13.3. The van der Waals surface area contributed by atoms with E-state index in [1.54, 1.807) is 6.08 Å². The molecule has 2 aliphatic carbocycles. The Hall–Kier alpha value is -0.127. The van der Waals surface area contributed by atoms with Gasteiger partial charge in [0.1, 0.15) is 0 Å². The van der Waals surface area contributed by atoms with Gasteiger partial charge in [-0.25, -0.2) is 0 Å². The monoisotopic (exact) mass is 366 g/mol. The first-order chi connectivity index (χ1) is 8.91. The van der Waals surface area contributed by atoms with Crippen molar-refractivity contribution in [3.8, 4) is 0 Å². The Labute approximate surface area is 151 Å². The van der Waals surface area contributed by atoms with E-state index >= 15 is 0 Å². The molecule has 2 rings (SSSR count). The number of hydrogen-bond acceptors (Lipinski definition) is 0. The van der Waals surface area contributed by atoms with Crippen LogP contribution in [0.4, 0.5) is 0 Å². The van der Waals surface area contributed by atoms with Gasteiger partial charge in [-0.2, -0.15) is 0 Å². The summed E-state index contributed by atoms with van der Waals surface area (Å²) in [5.41, 5.74) is 0. The second-order valence-electron chi connectivity index (χ2n) is 4.01. The fourth-order valence-corrected chi connectivity index (χ4v) is 1.33. The van der Waals surface area contributed by atoms with Crippen molar-refractivity contribution >= 4 is 0 Å². The minimum atomic E-state index is 0. The van der Waals surface area contributed by atoms with E-state index in [-0.39, 0.29) is 38.6 Å². The predicted molar refractivity (Wildman–Crippen MR) is 82.8 cm³/mol. The molecule has 2 aliphatic rings. The molecule has 0 saturated carbocycles. The van der Waals surface area contributed by atoms with Gasteiger partial charge in [0.2, 0.25) is 0 Å². The summed E-state index contributed by atoms with van der Waals surface area (Å²) in [5.74, 6) is 0. The van der Waals surface area contributed by atoms with Gasteiger partial charge < -0.3 is 12.4 Å². The minimum absolute atomic E-state index is 0. The molecule has 0 aromatic heterocycles. The van der Waals surface area contributed by atoms with Gasteiger partial charge in [-0.3, -0.25) is 0 Å². The van der Waals surface area contributed by atoms with E-state index < -0.39 is 0 Å². The van der Waals surface area contributed by atoms with Crippen LogP contribution in [-0.4, -0.2) is 0 Å². The number of rotatable bonds is 5. The molecule has 3 radical (unpaired) electrons. The Morgan fingerprint density at radius 2 is 1.20 bits per heavy atom. The molecule has 109 valence electrons. The predicted octanol–water partition coefficient (Wildman–Crippen LogP) is 2.58. The third kappa shape index (κ3) is 23.0. The molecule has 0 saturated heterocycles. The number of halogens is 1. The first-order valence-corrected chi connectivity index (χ1v) is 6.78. The van der Waals surface area contributed by atoms with Crippen LogP contribution in [0.25, 0.3) is 0 Å². The number of unbranched alkanes of at least 4 members (excludes halogenated alkanes) is 4. The summed E-state index contributed by atoms with van der Waals surface area (Å²) in [4.78, 5) is 0. The summed E-state index contributed by atoms with van der Waals surface area (Å²) in [7, 11) is 0. The molecule has 0 N–H and O–H groups in total. The van der Waals surface area contributed by atoms with E-state index in [9.17, 15) is 0 Å². The van der Waals surface area contributed by atoms with Gasteiger partial charge in [-0.1, -0.05) is 87.4 Å². The molecule has 0 amide bonds. The first kappa shape index (κ1) is 24.9. The molecular formula is C18H25ClZr-.